The number of amides is 2. The molecule has 0 spiro atoms. The molecule has 2 aromatic rings. The standard InChI is InChI=1S/C19H16Cl2N2O2S/c1-22(2)13-8-6-12(7-9-13)10-17-18(24)23(19(25)26-17)11-14-15(20)4-3-5-16(14)21/h3-10H,11H2,1-2H3/b17-10+. The van der Waals surface area contributed by atoms with Crippen molar-refractivity contribution in [1.29, 1.82) is 0 Å². The van der Waals surface area contributed by atoms with Crippen molar-refractivity contribution < 1.29 is 9.59 Å². The highest BCUT2D eigenvalue weighted by Gasteiger charge is 2.35. The summed E-state index contributed by atoms with van der Waals surface area (Å²) < 4.78 is 0. The van der Waals surface area contributed by atoms with Crippen molar-refractivity contribution in [2.24, 2.45) is 0 Å². The maximum Gasteiger partial charge on any atom is 0.293 e. The van der Waals surface area contributed by atoms with Gasteiger partial charge in [0.25, 0.3) is 11.1 Å². The van der Waals surface area contributed by atoms with Crippen molar-refractivity contribution >= 4 is 57.9 Å². The third-order valence-corrected chi connectivity index (χ3v) is 5.57. The molecule has 1 fully saturated rings. The van der Waals surface area contributed by atoms with Crippen molar-refractivity contribution in [2.75, 3.05) is 19.0 Å². The lowest BCUT2D eigenvalue weighted by Crippen LogP contribution is -2.27. The number of carbonyl (C=O) groups is 2. The number of hydrogen-bond acceptors (Lipinski definition) is 4. The second kappa shape index (κ2) is 7.74. The Morgan fingerprint density at radius 3 is 2.23 bits per heavy atom. The molecule has 4 nitrogen and oxygen atoms in total. The summed E-state index contributed by atoms with van der Waals surface area (Å²) in [5, 5.41) is 0.529. The van der Waals surface area contributed by atoms with Crippen LogP contribution in [0.15, 0.2) is 47.4 Å². The van der Waals surface area contributed by atoms with Crippen LogP contribution in [0.1, 0.15) is 11.1 Å². The van der Waals surface area contributed by atoms with Gasteiger partial charge in [-0.25, -0.2) is 0 Å². The maximum atomic E-state index is 12.6. The Hall–Kier alpha value is -1.95. The van der Waals surface area contributed by atoms with Crippen molar-refractivity contribution in [1.82, 2.24) is 4.90 Å². The summed E-state index contributed by atoms with van der Waals surface area (Å²) in [4.78, 5) is 28.5. The number of nitrogens with zero attached hydrogens (tertiary/aromatic N) is 2. The number of carbonyl (C=O) groups excluding carboxylic acids is 2. The third kappa shape index (κ3) is 3.90. The summed E-state index contributed by atoms with van der Waals surface area (Å²) in [6.45, 7) is 0.0556. The van der Waals surface area contributed by atoms with E-state index in [0.29, 0.717) is 20.5 Å². The van der Waals surface area contributed by atoms with Crippen LogP contribution in [0.3, 0.4) is 0 Å². The molecule has 0 aliphatic carbocycles. The second-order valence-corrected chi connectivity index (χ2v) is 7.76. The predicted molar refractivity (Wildman–Crippen MR) is 109 cm³/mol. The molecule has 134 valence electrons. The van der Waals surface area contributed by atoms with Gasteiger partial charge >= 0.3 is 0 Å². The topological polar surface area (TPSA) is 40.6 Å². The van der Waals surface area contributed by atoms with Gasteiger partial charge in [0.2, 0.25) is 0 Å². The fraction of sp³-hybridized carbons (Fsp3) is 0.158. The van der Waals surface area contributed by atoms with Crippen LogP contribution in [0.2, 0.25) is 10.0 Å². The van der Waals surface area contributed by atoms with Crippen LogP contribution < -0.4 is 4.90 Å². The summed E-state index contributed by atoms with van der Waals surface area (Å²) in [5.41, 5.74) is 2.48. The maximum absolute atomic E-state index is 12.6. The Bertz CT molecular complexity index is 875. The highest BCUT2D eigenvalue weighted by molar-refractivity contribution is 8.18. The largest absolute Gasteiger partial charge is 0.378 e. The Labute approximate surface area is 166 Å². The van der Waals surface area contributed by atoms with Gasteiger partial charge in [0.15, 0.2) is 0 Å². The van der Waals surface area contributed by atoms with Gasteiger partial charge in [-0.1, -0.05) is 41.4 Å². The minimum Gasteiger partial charge on any atom is -0.378 e. The van der Waals surface area contributed by atoms with Crippen LogP contribution in [0.4, 0.5) is 10.5 Å². The molecule has 1 saturated heterocycles. The Balaban J connectivity index is 1.82. The molecule has 0 saturated carbocycles. The summed E-state index contributed by atoms with van der Waals surface area (Å²) in [5.74, 6) is -0.340. The Morgan fingerprint density at radius 2 is 1.65 bits per heavy atom. The number of benzene rings is 2. The molecule has 0 unspecified atom stereocenters. The van der Waals surface area contributed by atoms with Crippen LogP contribution in [-0.2, 0) is 11.3 Å². The van der Waals surface area contributed by atoms with E-state index in [2.05, 4.69) is 0 Å². The van der Waals surface area contributed by atoms with Gasteiger partial charge in [0.05, 0.1) is 11.4 Å². The van der Waals surface area contributed by atoms with E-state index in [4.69, 9.17) is 23.2 Å². The molecule has 0 atom stereocenters. The van der Waals surface area contributed by atoms with Crippen LogP contribution in [0, 0.1) is 0 Å². The van der Waals surface area contributed by atoms with Crippen LogP contribution in [-0.4, -0.2) is 30.1 Å². The highest BCUT2D eigenvalue weighted by Crippen LogP contribution is 2.35. The first-order valence-corrected chi connectivity index (χ1v) is 9.39. The molecule has 2 aromatic carbocycles. The van der Waals surface area contributed by atoms with Gasteiger partial charge in [-0.05, 0) is 47.7 Å². The monoisotopic (exact) mass is 406 g/mol. The van der Waals surface area contributed by atoms with E-state index >= 15 is 0 Å². The summed E-state index contributed by atoms with van der Waals surface area (Å²) in [6.07, 6.45) is 1.72. The number of hydrogen-bond donors (Lipinski definition) is 0. The van der Waals surface area contributed by atoms with Gasteiger partial charge in [-0.3, -0.25) is 14.5 Å². The van der Waals surface area contributed by atoms with E-state index in [1.807, 2.05) is 43.3 Å². The van der Waals surface area contributed by atoms with E-state index in [-0.39, 0.29) is 17.7 Å². The molecule has 0 aromatic heterocycles. The van der Waals surface area contributed by atoms with E-state index in [1.165, 1.54) is 0 Å². The van der Waals surface area contributed by atoms with Gasteiger partial charge in [-0.2, -0.15) is 0 Å². The van der Waals surface area contributed by atoms with E-state index in [1.54, 1.807) is 24.3 Å². The molecule has 1 aliphatic heterocycles. The first kappa shape index (κ1) is 18.8. The number of rotatable bonds is 4. The highest BCUT2D eigenvalue weighted by atomic mass is 35.5. The quantitative estimate of drug-likeness (QED) is 0.646. The van der Waals surface area contributed by atoms with Gasteiger partial charge in [-0.15, -0.1) is 0 Å². The minimum atomic E-state index is -0.340. The van der Waals surface area contributed by atoms with Crippen molar-refractivity contribution in [3.63, 3.8) is 0 Å². The number of imide groups is 1. The second-order valence-electron chi connectivity index (χ2n) is 5.95. The zero-order chi connectivity index (χ0) is 18.8. The zero-order valence-corrected chi connectivity index (χ0v) is 16.5. The van der Waals surface area contributed by atoms with E-state index < -0.39 is 0 Å². The van der Waals surface area contributed by atoms with Gasteiger partial charge in [0.1, 0.15) is 0 Å². The lowest BCUT2D eigenvalue weighted by atomic mass is 10.1. The summed E-state index contributed by atoms with van der Waals surface area (Å²) >= 11 is 13.2. The molecular weight excluding hydrogens is 391 g/mol. The molecule has 0 N–H and O–H groups in total. The van der Waals surface area contributed by atoms with Crippen molar-refractivity contribution in [2.45, 2.75) is 6.54 Å². The van der Waals surface area contributed by atoms with E-state index in [9.17, 15) is 9.59 Å². The molecular formula is C19H16Cl2N2O2S. The Morgan fingerprint density at radius 1 is 1.04 bits per heavy atom. The van der Waals surface area contributed by atoms with Crippen molar-refractivity contribution in [3.8, 4) is 0 Å². The number of anilines is 1. The molecule has 1 heterocycles. The normalized spacial score (nSPS) is 15.8. The molecule has 0 bridgehead atoms. The number of thioether (sulfide) groups is 1. The molecule has 3 rings (SSSR count). The summed E-state index contributed by atoms with van der Waals surface area (Å²) in [6, 6.07) is 12.8. The average Bonchev–Trinajstić information content (AvgIpc) is 2.85. The lowest BCUT2D eigenvalue weighted by molar-refractivity contribution is -0.123. The minimum absolute atomic E-state index is 0.0556. The zero-order valence-electron chi connectivity index (χ0n) is 14.2. The lowest BCUT2D eigenvalue weighted by Gasteiger charge is -2.14. The average molecular weight is 407 g/mol. The molecule has 26 heavy (non-hydrogen) atoms. The van der Waals surface area contributed by atoms with Crippen molar-refractivity contribution in [3.05, 3.63) is 68.5 Å². The number of halogens is 2. The molecule has 2 amide bonds. The third-order valence-electron chi connectivity index (χ3n) is 3.96. The Kier molecular flexibility index (Phi) is 5.61. The summed E-state index contributed by atoms with van der Waals surface area (Å²) in [7, 11) is 3.92. The molecule has 7 heteroatoms. The van der Waals surface area contributed by atoms with Gasteiger partial charge < -0.3 is 4.90 Å². The van der Waals surface area contributed by atoms with Crippen LogP contribution >= 0.6 is 35.0 Å². The SMILES string of the molecule is CN(C)c1ccc(/C=C2/SC(=O)N(Cc3c(Cl)cccc3Cl)C2=O)cc1. The first-order chi connectivity index (χ1) is 12.4. The smallest absolute Gasteiger partial charge is 0.293 e. The van der Waals surface area contributed by atoms with Gasteiger partial charge in [0, 0.05) is 35.4 Å². The van der Waals surface area contributed by atoms with Crippen LogP contribution in [0.5, 0.6) is 0 Å². The fourth-order valence-corrected chi connectivity index (χ4v) is 3.85. The van der Waals surface area contributed by atoms with E-state index in [0.717, 1.165) is 27.9 Å². The first-order valence-electron chi connectivity index (χ1n) is 7.82. The van der Waals surface area contributed by atoms with Crippen LogP contribution in [0.25, 0.3) is 6.08 Å². The predicted octanol–water partition coefficient (Wildman–Crippen LogP) is 5.30. The molecule has 1 aliphatic rings. The fourth-order valence-electron chi connectivity index (χ4n) is 2.50. The molecule has 0 radical (unpaired) electrons.